The van der Waals surface area contributed by atoms with Crippen molar-refractivity contribution in [1.82, 2.24) is 15.6 Å². The van der Waals surface area contributed by atoms with Crippen molar-refractivity contribution >= 4 is 12.0 Å². The number of pyridine rings is 1. The Kier molecular flexibility index (Phi) is 7.36. The van der Waals surface area contributed by atoms with E-state index >= 15 is 0 Å². The Morgan fingerprint density at radius 3 is 2.48 bits per heavy atom. The van der Waals surface area contributed by atoms with Gasteiger partial charge in [-0.05, 0) is 23.5 Å². The van der Waals surface area contributed by atoms with Crippen LogP contribution in [-0.4, -0.2) is 38.8 Å². The molecule has 0 spiro atoms. The van der Waals surface area contributed by atoms with Crippen LogP contribution in [0.25, 0.3) is 0 Å². The number of nitrogens with zero attached hydrogens (tertiary/aromatic N) is 1. The first kappa shape index (κ1) is 20.9. The van der Waals surface area contributed by atoms with Crippen LogP contribution in [0.5, 0.6) is 0 Å². The van der Waals surface area contributed by atoms with Crippen LogP contribution in [0.1, 0.15) is 52.5 Å². The zero-order chi connectivity index (χ0) is 19.1. The van der Waals surface area contributed by atoms with Crippen LogP contribution in [0, 0.1) is 5.41 Å². The molecule has 0 fully saturated rings. The highest BCUT2D eigenvalue weighted by Crippen LogP contribution is 2.38. The number of hydrogen-bond donors (Lipinski definition) is 4. The van der Waals surface area contributed by atoms with Gasteiger partial charge in [-0.2, -0.15) is 0 Å². The minimum absolute atomic E-state index is 0.213. The molecule has 0 bridgehead atoms. The van der Waals surface area contributed by atoms with Gasteiger partial charge in [0.1, 0.15) is 0 Å². The zero-order valence-corrected chi connectivity index (χ0v) is 15.4. The van der Waals surface area contributed by atoms with Crippen LogP contribution in [0.15, 0.2) is 24.5 Å². The van der Waals surface area contributed by atoms with Gasteiger partial charge in [0.15, 0.2) is 6.10 Å². The maximum Gasteiger partial charge on any atom is 0.405 e. The normalized spacial score (nSPS) is 15.1. The minimum Gasteiger partial charge on any atom is -0.465 e. The fourth-order valence-electron chi connectivity index (χ4n) is 2.90. The third-order valence-corrected chi connectivity index (χ3v) is 4.50. The van der Waals surface area contributed by atoms with Gasteiger partial charge in [0.2, 0.25) is 0 Å². The third kappa shape index (κ3) is 5.42. The molecule has 1 aromatic rings. The number of aliphatic hydroxyl groups is 1. The highest BCUT2D eigenvalue weighted by Gasteiger charge is 2.51. The molecule has 0 saturated heterocycles. The van der Waals surface area contributed by atoms with E-state index in [0.29, 0.717) is 12.8 Å². The van der Waals surface area contributed by atoms with E-state index in [4.69, 9.17) is 0 Å². The summed E-state index contributed by atoms with van der Waals surface area (Å²) in [5.41, 5.74) is -1.15. The molecular weight excluding hydrogens is 322 g/mol. The third-order valence-electron chi connectivity index (χ3n) is 4.50. The Balaban J connectivity index is 3.01. The first-order valence-electron chi connectivity index (χ1n) is 8.50. The van der Waals surface area contributed by atoms with E-state index in [1.54, 1.807) is 18.5 Å². The smallest absolute Gasteiger partial charge is 0.405 e. The van der Waals surface area contributed by atoms with Gasteiger partial charge in [-0.15, -0.1) is 0 Å². The Bertz CT molecular complexity index is 571. The molecule has 7 nitrogen and oxygen atoms in total. The summed E-state index contributed by atoms with van der Waals surface area (Å²) in [7, 11) is 0. The second kappa shape index (κ2) is 8.80. The quantitative estimate of drug-likeness (QED) is 0.574. The van der Waals surface area contributed by atoms with Crippen LogP contribution in [0.2, 0.25) is 0 Å². The summed E-state index contributed by atoms with van der Waals surface area (Å²) in [6, 6.07) is 3.56. The first-order chi connectivity index (χ1) is 11.6. The summed E-state index contributed by atoms with van der Waals surface area (Å²) >= 11 is 0. The molecule has 1 unspecified atom stereocenters. The summed E-state index contributed by atoms with van der Waals surface area (Å²) < 4.78 is 0. The minimum atomic E-state index is -1.51. The largest absolute Gasteiger partial charge is 0.465 e. The molecule has 0 saturated carbocycles. The second-order valence-corrected chi connectivity index (χ2v) is 7.24. The lowest BCUT2D eigenvalue weighted by atomic mass is 9.67. The lowest BCUT2D eigenvalue weighted by molar-refractivity contribution is -0.138. The summed E-state index contributed by atoms with van der Waals surface area (Å²) in [6.07, 6.45) is 2.36. The molecule has 0 radical (unpaired) electrons. The number of unbranched alkanes of at least 4 members (excludes halogenated alkanes) is 1. The Labute approximate surface area is 148 Å². The van der Waals surface area contributed by atoms with Crippen molar-refractivity contribution in [2.75, 3.05) is 0 Å². The maximum atomic E-state index is 12.5. The lowest BCUT2D eigenvalue weighted by Crippen LogP contribution is -2.67. The molecular formula is C18H29N3O4. The second-order valence-electron chi connectivity index (χ2n) is 7.24. The van der Waals surface area contributed by atoms with E-state index in [2.05, 4.69) is 15.6 Å². The average molecular weight is 351 g/mol. The van der Waals surface area contributed by atoms with Gasteiger partial charge in [0, 0.05) is 18.9 Å². The van der Waals surface area contributed by atoms with Crippen molar-refractivity contribution in [1.29, 1.82) is 0 Å². The SMILES string of the molecule is CCCCC(NC(=O)O)([C@@H](O)C(=O)NCc1cccnc1)C(C)(C)C. The van der Waals surface area contributed by atoms with Crippen molar-refractivity contribution in [2.24, 2.45) is 5.41 Å². The van der Waals surface area contributed by atoms with Crippen molar-refractivity contribution in [3.05, 3.63) is 30.1 Å². The van der Waals surface area contributed by atoms with Crippen molar-refractivity contribution in [2.45, 2.75) is 65.1 Å². The fourth-order valence-corrected chi connectivity index (χ4v) is 2.90. The van der Waals surface area contributed by atoms with Crippen molar-refractivity contribution in [3.8, 4) is 0 Å². The summed E-state index contributed by atoms with van der Waals surface area (Å²) in [5.74, 6) is -0.608. The predicted octanol–water partition coefficient (Wildman–Crippen LogP) is 2.30. The van der Waals surface area contributed by atoms with E-state index in [1.807, 2.05) is 33.8 Å². The van der Waals surface area contributed by atoms with Gasteiger partial charge in [0.05, 0.1) is 5.54 Å². The van der Waals surface area contributed by atoms with E-state index in [1.165, 1.54) is 0 Å². The molecule has 1 rings (SSSR count). The van der Waals surface area contributed by atoms with E-state index in [0.717, 1.165) is 12.0 Å². The van der Waals surface area contributed by atoms with Gasteiger partial charge < -0.3 is 20.8 Å². The monoisotopic (exact) mass is 351 g/mol. The van der Waals surface area contributed by atoms with Crippen LogP contribution >= 0.6 is 0 Å². The molecule has 0 aliphatic rings. The number of amides is 2. The molecule has 2 atom stereocenters. The lowest BCUT2D eigenvalue weighted by Gasteiger charge is -2.47. The van der Waals surface area contributed by atoms with Gasteiger partial charge in [-0.25, -0.2) is 4.79 Å². The number of aromatic nitrogens is 1. The van der Waals surface area contributed by atoms with Crippen LogP contribution in [-0.2, 0) is 11.3 Å². The van der Waals surface area contributed by atoms with E-state index < -0.39 is 29.1 Å². The summed E-state index contributed by atoms with van der Waals surface area (Å²) in [5, 5.41) is 25.2. The topological polar surface area (TPSA) is 112 Å². The number of carboxylic acid groups (broad SMARTS) is 1. The molecule has 140 valence electrons. The number of carbonyl (C=O) groups is 2. The molecule has 1 aromatic heterocycles. The average Bonchev–Trinajstić information content (AvgIpc) is 2.55. The van der Waals surface area contributed by atoms with Crippen LogP contribution in [0.4, 0.5) is 4.79 Å². The number of carbonyl (C=O) groups excluding carboxylic acids is 1. The van der Waals surface area contributed by atoms with E-state index in [-0.39, 0.29) is 6.54 Å². The Morgan fingerprint density at radius 2 is 2.00 bits per heavy atom. The number of aliphatic hydroxyl groups excluding tert-OH is 1. The molecule has 1 heterocycles. The maximum absolute atomic E-state index is 12.5. The molecule has 0 aromatic carbocycles. The summed E-state index contributed by atoms with van der Waals surface area (Å²) in [4.78, 5) is 27.9. The van der Waals surface area contributed by atoms with Crippen LogP contribution in [0.3, 0.4) is 0 Å². The molecule has 25 heavy (non-hydrogen) atoms. The standard InChI is InChI=1S/C18H29N3O4/c1-5-6-9-18(17(2,3)4,21-16(24)25)14(22)15(23)20-12-13-8-7-10-19-11-13/h7-8,10-11,14,21-22H,5-6,9,12H2,1-4H3,(H,20,23)(H,24,25)/t14-,18?/m0/s1. The Morgan fingerprint density at radius 1 is 1.32 bits per heavy atom. The van der Waals surface area contributed by atoms with Crippen molar-refractivity contribution < 1.29 is 19.8 Å². The van der Waals surface area contributed by atoms with Crippen LogP contribution < -0.4 is 10.6 Å². The first-order valence-corrected chi connectivity index (χ1v) is 8.50. The van der Waals surface area contributed by atoms with Crippen molar-refractivity contribution in [3.63, 3.8) is 0 Å². The molecule has 0 aliphatic heterocycles. The number of rotatable bonds is 8. The highest BCUT2D eigenvalue weighted by molar-refractivity contribution is 5.83. The molecule has 2 amide bonds. The highest BCUT2D eigenvalue weighted by atomic mass is 16.4. The van der Waals surface area contributed by atoms with Gasteiger partial charge in [0.25, 0.3) is 5.91 Å². The number of hydrogen-bond acceptors (Lipinski definition) is 4. The number of nitrogens with one attached hydrogen (secondary N) is 2. The van der Waals surface area contributed by atoms with Gasteiger partial charge >= 0.3 is 6.09 Å². The van der Waals surface area contributed by atoms with Gasteiger partial charge in [-0.3, -0.25) is 9.78 Å². The van der Waals surface area contributed by atoms with Gasteiger partial charge in [-0.1, -0.05) is 46.6 Å². The molecule has 7 heteroatoms. The van der Waals surface area contributed by atoms with E-state index in [9.17, 15) is 19.8 Å². The zero-order valence-electron chi connectivity index (χ0n) is 15.4. The molecule has 4 N–H and O–H groups in total. The Hall–Kier alpha value is -2.15. The fraction of sp³-hybridized carbons (Fsp3) is 0.611. The summed E-state index contributed by atoms with van der Waals surface area (Å²) in [6.45, 7) is 7.64. The predicted molar refractivity (Wildman–Crippen MR) is 95.0 cm³/mol. The molecule has 0 aliphatic carbocycles.